The summed E-state index contributed by atoms with van der Waals surface area (Å²) >= 11 is 3.38. The van der Waals surface area contributed by atoms with Crippen LogP contribution in [0.4, 0.5) is 0 Å². The van der Waals surface area contributed by atoms with Crippen molar-refractivity contribution < 1.29 is 4.79 Å². The van der Waals surface area contributed by atoms with Gasteiger partial charge in [0.1, 0.15) is 0 Å². The van der Waals surface area contributed by atoms with Crippen molar-refractivity contribution in [2.75, 3.05) is 5.33 Å². The van der Waals surface area contributed by atoms with Gasteiger partial charge >= 0.3 is 0 Å². The minimum atomic E-state index is 0.0663. The lowest BCUT2D eigenvalue weighted by Crippen LogP contribution is -2.00. The first-order valence-electron chi connectivity index (χ1n) is 6.23. The summed E-state index contributed by atoms with van der Waals surface area (Å²) < 4.78 is 0. The van der Waals surface area contributed by atoms with E-state index >= 15 is 0 Å². The number of halogens is 1. The molecule has 0 bridgehead atoms. The average Bonchev–Trinajstić information content (AvgIpc) is 2.48. The molecule has 0 saturated heterocycles. The number of hydrogen-bond donors (Lipinski definition) is 0. The van der Waals surface area contributed by atoms with Crippen molar-refractivity contribution in [2.24, 2.45) is 0 Å². The second kappa shape index (κ2) is 7.05. The maximum atomic E-state index is 12.2. The van der Waals surface area contributed by atoms with Crippen LogP contribution >= 0.6 is 15.9 Å². The predicted octanol–water partition coefficient (Wildman–Crippen LogP) is 4.72. The zero-order chi connectivity index (χ0) is 13.5. The second-order valence-electron chi connectivity index (χ2n) is 4.20. The van der Waals surface area contributed by atoms with Crippen molar-refractivity contribution in [1.29, 1.82) is 0 Å². The summed E-state index contributed by atoms with van der Waals surface area (Å²) in [7, 11) is 0. The highest BCUT2D eigenvalue weighted by Crippen LogP contribution is 2.12. The number of carbonyl (C=O) groups excluding carboxylic acids is 1. The molecule has 0 aromatic heterocycles. The summed E-state index contributed by atoms with van der Waals surface area (Å²) in [6, 6.07) is 17.1. The van der Waals surface area contributed by atoms with E-state index in [4.69, 9.17) is 0 Å². The summed E-state index contributed by atoms with van der Waals surface area (Å²) in [6.45, 7) is 0. The van der Waals surface area contributed by atoms with Gasteiger partial charge in [-0.3, -0.25) is 4.79 Å². The fourth-order valence-corrected chi connectivity index (χ4v) is 2.05. The zero-order valence-electron chi connectivity index (χ0n) is 10.6. The monoisotopic (exact) mass is 314 g/mol. The largest absolute Gasteiger partial charge is 0.289 e. The highest BCUT2D eigenvalue weighted by molar-refractivity contribution is 9.09. The molecule has 0 radical (unpaired) electrons. The molecule has 0 fully saturated rings. The first-order valence-corrected chi connectivity index (χ1v) is 7.36. The van der Waals surface area contributed by atoms with Crippen LogP contribution in [0.15, 0.2) is 60.7 Å². The molecule has 0 unspecified atom stereocenters. The number of alkyl halides is 1. The Kier molecular flexibility index (Phi) is 5.10. The molecule has 19 heavy (non-hydrogen) atoms. The third-order valence-electron chi connectivity index (χ3n) is 2.79. The van der Waals surface area contributed by atoms with Gasteiger partial charge in [0.15, 0.2) is 5.78 Å². The Bertz CT molecular complexity index is 556. The maximum Gasteiger partial charge on any atom is 0.193 e. The van der Waals surface area contributed by atoms with E-state index in [1.807, 2.05) is 54.6 Å². The van der Waals surface area contributed by atoms with Crippen molar-refractivity contribution in [3.63, 3.8) is 0 Å². The number of ketones is 1. The average molecular weight is 315 g/mol. The van der Waals surface area contributed by atoms with Crippen LogP contribution < -0.4 is 0 Å². The fourth-order valence-electron chi connectivity index (χ4n) is 1.78. The molecule has 0 aliphatic rings. The Balaban J connectivity index is 2.12. The Labute approximate surface area is 122 Å². The van der Waals surface area contributed by atoms with Gasteiger partial charge in [0.05, 0.1) is 0 Å². The van der Waals surface area contributed by atoms with Gasteiger partial charge in [-0.05, 0) is 12.0 Å². The summed E-state index contributed by atoms with van der Waals surface area (Å²) in [5, 5.41) is 0.966. The molecule has 0 atom stereocenters. The molecule has 0 saturated carbocycles. The van der Waals surface area contributed by atoms with Crippen LogP contribution in [0, 0.1) is 0 Å². The van der Waals surface area contributed by atoms with E-state index < -0.39 is 0 Å². The number of carbonyl (C=O) groups is 1. The number of rotatable bonds is 5. The van der Waals surface area contributed by atoms with Gasteiger partial charge in [0.25, 0.3) is 0 Å². The molecule has 0 aliphatic carbocycles. The van der Waals surface area contributed by atoms with E-state index in [1.54, 1.807) is 0 Å². The molecule has 0 aliphatic heterocycles. The predicted molar refractivity (Wildman–Crippen MR) is 83.8 cm³/mol. The normalized spacial score (nSPS) is 10.8. The quantitative estimate of drug-likeness (QED) is 0.576. The van der Waals surface area contributed by atoms with Crippen LogP contribution in [0.3, 0.4) is 0 Å². The van der Waals surface area contributed by atoms with Crippen molar-refractivity contribution in [1.82, 2.24) is 0 Å². The highest BCUT2D eigenvalue weighted by Gasteiger charge is 2.07. The molecule has 96 valence electrons. The minimum Gasteiger partial charge on any atom is -0.289 e. The van der Waals surface area contributed by atoms with E-state index in [2.05, 4.69) is 28.1 Å². The van der Waals surface area contributed by atoms with Gasteiger partial charge < -0.3 is 0 Å². The molecule has 0 spiro atoms. The standard InChI is InChI=1S/C17H15BrO/c18-13-5-4-6-14-9-11-16(12-10-14)17(19)15-7-2-1-3-8-15/h1-4,6-12H,5,13H2. The Morgan fingerprint density at radius 2 is 1.58 bits per heavy atom. The van der Waals surface area contributed by atoms with E-state index in [1.165, 1.54) is 0 Å². The molecule has 1 nitrogen and oxygen atoms in total. The maximum absolute atomic E-state index is 12.2. The van der Waals surface area contributed by atoms with E-state index in [-0.39, 0.29) is 5.78 Å². The number of benzene rings is 2. The summed E-state index contributed by atoms with van der Waals surface area (Å²) in [6.07, 6.45) is 5.19. The van der Waals surface area contributed by atoms with Gasteiger partial charge in [0.2, 0.25) is 0 Å². The lowest BCUT2D eigenvalue weighted by molar-refractivity contribution is 0.103. The van der Waals surface area contributed by atoms with E-state index in [0.717, 1.165) is 28.4 Å². The first kappa shape index (κ1) is 13.8. The summed E-state index contributed by atoms with van der Waals surface area (Å²) in [4.78, 5) is 12.2. The van der Waals surface area contributed by atoms with Crippen LogP contribution in [0.25, 0.3) is 6.08 Å². The summed E-state index contributed by atoms with van der Waals surface area (Å²) in [5.41, 5.74) is 2.57. The second-order valence-corrected chi connectivity index (χ2v) is 4.99. The Morgan fingerprint density at radius 3 is 2.21 bits per heavy atom. The Hall–Kier alpha value is -1.67. The fraction of sp³-hybridized carbons (Fsp3) is 0.118. The van der Waals surface area contributed by atoms with Crippen LogP contribution in [-0.4, -0.2) is 11.1 Å². The molecular weight excluding hydrogens is 300 g/mol. The molecule has 2 aromatic carbocycles. The third-order valence-corrected chi connectivity index (χ3v) is 3.25. The zero-order valence-corrected chi connectivity index (χ0v) is 12.1. The van der Waals surface area contributed by atoms with Crippen LogP contribution in [0.1, 0.15) is 27.9 Å². The topological polar surface area (TPSA) is 17.1 Å². The van der Waals surface area contributed by atoms with Crippen molar-refractivity contribution in [3.05, 3.63) is 77.4 Å². The van der Waals surface area contributed by atoms with Gasteiger partial charge in [-0.15, -0.1) is 0 Å². The van der Waals surface area contributed by atoms with E-state index in [0.29, 0.717) is 0 Å². The van der Waals surface area contributed by atoms with Crippen molar-refractivity contribution in [3.8, 4) is 0 Å². The molecule has 2 heteroatoms. The highest BCUT2D eigenvalue weighted by atomic mass is 79.9. The van der Waals surface area contributed by atoms with Gasteiger partial charge in [-0.2, -0.15) is 0 Å². The van der Waals surface area contributed by atoms with Crippen molar-refractivity contribution in [2.45, 2.75) is 6.42 Å². The molecule has 0 amide bonds. The summed E-state index contributed by atoms with van der Waals surface area (Å²) in [5.74, 6) is 0.0663. The number of allylic oxidation sites excluding steroid dienone is 1. The van der Waals surface area contributed by atoms with Crippen molar-refractivity contribution >= 4 is 27.8 Å². The SMILES string of the molecule is O=C(c1ccccc1)c1ccc(C=CCCBr)cc1. The molecule has 2 rings (SSSR count). The molecular formula is C17H15BrO. The lowest BCUT2D eigenvalue weighted by Gasteiger charge is -2.01. The third kappa shape index (κ3) is 3.90. The van der Waals surface area contributed by atoms with Gasteiger partial charge in [-0.25, -0.2) is 0 Å². The first-order chi connectivity index (χ1) is 9.31. The molecule has 0 N–H and O–H groups in total. The molecule has 0 heterocycles. The smallest absolute Gasteiger partial charge is 0.193 e. The minimum absolute atomic E-state index is 0.0663. The lowest BCUT2D eigenvalue weighted by atomic mass is 10.0. The van der Waals surface area contributed by atoms with E-state index in [9.17, 15) is 4.79 Å². The Morgan fingerprint density at radius 1 is 0.947 bits per heavy atom. The molecule has 2 aromatic rings. The van der Waals surface area contributed by atoms with Crippen LogP contribution in [-0.2, 0) is 0 Å². The number of hydrogen-bond acceptors (Lipinski definition) is 1. The van der Waals surface area contributed by atoms with Gasteiger partial charge in [0, 0.05) is 16.5 Å². The van der Waals surface area contributed by atoms with Gasteiger partial charge in [-0.1, -0.05) is 82.7 Å². The van der Waals surface area contributed by atoms with Crippen LogP contribution in [0.5, 0.6) is 0 Å². The van der Waals surface area contributed by atoms with Crippen LogP contribution in [0.2, 0.25) is 0 Å².